The van der Waals surface area contributed by atoms with Gasteiger partial charge < -0.3 is 9.80 Å². The molecule has 2 amide bonds. The van der Waals surface area contributed by atoms with Crippen LogP contribution >= 0.6 is 0 Å². The molecule has 28 heavy (non-hydrogen) atoms. The predicted octanol–water partition coefficient (Wildman–Crippen LogP) is 4.03. The van der Waals surface area contributed by atoms with Crippen LogP contribution < -0.4 is 0 Å². The minimum atomic E-state index is -0.268. The summed E-state index contributed by atoms with van der Waals surface area (Å²) in [6, 6.07) is 14.3. The van der Waals surface area contributed by atoms with E-state index in [2.05, 4.69) is 6.07 Å². The fourth-order valence-corrected chi connectivity index (χ4v) is 4.63. The van der Waals surface area contributed by atoms with Crippen LogP contribution in [0.5, 0.6) is 0 Å². The van der Waals surface area contributed by atoms with E-state index in [1.54, 1.807) is 19.1 Å². The van der Waals surface area contributed by atoms with Gasteiger partial charge in [0.1, 0.15) is 5.82 Å². The van der Waals surface area contributed by atoms with Crippen LogP contribution in [0.4, 0.5) is 4.39 Å². The van der Waals surface area contributed by atoms with Crippen LogP contribution in [0.3, 0.4) is 0 Å². The minimum Gasteiger partial charge on any atom is -0.336 e. The summed E-state index contributed by atoms with van der Waals surface area (Å²) in [5.41, 5.74) is 3.27. The Kier molecular flexibility index (Phi) is 5.16. The second-order valence-electron chi connectivity index (χ2n) is 7.68. The second kappa shape index (κ2) is 7.74. The molecule has 0 spiro atoms. The minimum absolute atomic E-state index is 0.00353. The number of rotatable bonds is 3. The van der Waals surface area contributed by atoms with Crippen LogP contribution in [0, 0.1) is 5.82 Å². The van der Waals surface area contributed by atoms with Gasteiger partial charge in [0.15, 0.2) is 0 Å². The average molecular weight is 380 g/mol. The first-order valence-electron chi connectivity index (χ1n) is 9.94. The molecule has 4 rings (SSSR count). The number of hydrogen-bond acceptors (Lipinski definition) is 2. The number of amides is 2. The third-order valence-electron chi connectivity index (χ3n) is 6.01. The largest absolute Gasteiger partial charge is 0.336 e. The molecule has 2 unspecified atom stereocenters. The van der Waals surface area contributed by atoms with Crippen LogP contribution in [0.2, 0.25) is 0 Å². The SMILES string of the molecule is CC(=O)N1CCc2ccccc2C1CC(=O)N1CCCC1c1ccc(F)cc1. The van der Waals surface area contributed by atoms with E-state index in [4.69, 9.17) is 0 Å². The van der Waals surface area contributed by atoms with Gasteiger partial charge in [-0.15, -0.1) is 0 Å². The lowest BCUT2D eigenvalue weighted by molar-refractivity contribution is -0.137. The number of carbonyl (C=O) groups is 2. The highest BCUT2D eigenvalue weighted by Crippen LogP contribution is 2.37. The number of likely N-dealkylation sites (tertiary alicyclic amines) is 1. The van der Waals surface area contributed by atoms with Crippen molar-refractivity contribution >= 4 is 11.8 Å². The van der Waals surface area contributed by atoms with E-state index in [1.807, 2.05) is 28.0 Å². The van der Waals surface area contributed by atoms with Crippen LogP contribution in [-0.2, 0) is 16.0 Å². The molecule has 0 bridgehead atoms. The van der Waals surface area contributed by atoms with Gasteiger partial charge in [-0.3, -0.25) is 9.59 Å². The van der Waals surface area contributed by atoms with Gasteiger partial charge in [-0.25, -0.2) is 4.39 Å². The van der Waals surface area contributed by atoms with Crippen molar-refractivity contribution < 1.29 is 14.0 Å². The lowest BCUT2D eigenvalue weighted by Crippen LogP contribution is -2.42. The van der Waals surface area contributed by atoms with Crippen molar-refractivity contribution in [3.63, 3.8) is 0 Å². The first kappa shape index (κ1) is 18.7. The van der Waals surface area contributed by atoms with Crippen LogP contribution in [0.15, 0.2) is 48.5 Å². The van der Waals surface area contributed by atoms with Gasteiger partial charge in [-0.05, 0) is 48.1 Å². The zero-order chi connectivity index (χ0) is 19.7. The summed E-state index contributed by atoms with van der Waals surface area (Å²) < 4.78 is 13.3. The molecule has 146 valence electrons. The molecule has 2 aliphatic rings. The van der Waals surface area contributed by atoms with Crippen molar-refractivity contribution in [1.82, 2.24) is 9.80 Å². The standard InChI is InChI=1S/C23H25FN2O2/c1-16(27)25-14-12-17-5-2-3-6-20(17)22(25)15-23(28)26-13-4-7-21(26)18-8-10-19(24)11-9-18/h2-3,5-6,8-11,21-22H,4,7,12-15H2,1H3. The van der Waals surface area contributed by atoms with Gasteiger partial charge in [-0.2, -0.15) is 0 Å². The summed E-state index contributed by atoms with van der Waals surface area (Å²) in [6.07, 6.45) is 2.93. The zero-order valence-corrected chi connectivity index (χ0v) is 16.1. The Labute approximate surface area is 164 Å². The fourth-order valence-electron chi connectivity index (χ4n) is 4.63. The van der Waals surface area contributed by atoms with Gasteiger partial charge in [0.25, 0.3) is 0 Å². The van der Waals surface area contributed by atoms with Crippen molar-refractivity contribution in [3.05, 3.63) is 71.0 Å². The second-order valence-corrected chi connectivity index (χ2v) is 7.68. The molecule has 2 heterocycles. The number of benzene rings is 2. The monoisotopic (exact) mass is 380 g/mol. The fraction of sp³-hybridized carbons (Fsp3) is 0.391. The average Bonchev–Trinajstić information content (AvgIpc) is 3.18. The van der Waals surface area contributed by atoms with Crippen LogP contribution in [0.25, 0.3) is 0 Å². The summed E-state index contributed by atoms with van der Waals surface area (Å²) in [5.74, 6) is -0.209. The van der Waals surface area contributed by atoms with Crippen molar-refractivity contribution in [2.75, 3.05) is 13.1 Å². The third kappa shape index (κ3) is 3.53. The maximum atomic E-state index is 13.3. The van der Waals surface area contributed by atoms with Gasteiger partial charge in [0.2, 0.25) is 11.8 Å². The molecule has 0 radical (unpaired) electrons. The molecule has 1 fully saturated rings. The maximum Gasteiger partial charge on any atom is 0.225 e. The van der Waals surface area contributed by atoms with E-state index in [0.717, 1.165) is 30.4 Å². The topological polar surface area (TPSA) is 40.6 Å². The molecular weight excluding hydrogens is 355 g/mol. The highest BCUT2D eigenvalue weighted by atomic mass is 19.1. The number of carbonyl (C=O) groups excluding carboxylic acids is 2. The lowest BCUT2D eigenvalue weighted by Gasteiger charge is -2.38. The van der Waals surface area contributed by atoms with Gasteiger partial charge >= 0.3 is 0 Å². The predicted molar refractivity (Wildman–Crippen MR) is 105 cm³/mol. The Balaban J connectivity index is 1.57. The zero-order valence-electron chi connectivity index (χ0n) is 16.1. The normalized spacial score (nSPS) is 21.5. The molecule has 0 N–H and O–H groups in total. The van der Waals surface area contributed by atoms with Crippen molar-refractivity contribution in [1.29, 1.82) is 0 Å². The first-order chi connectivity index (χ1) is 13.5. The summed E-state index contributed by atoms with van der Waals surface area (Å²) in [6.45, 7) is 2.92. The van der Waals surface area contributed by atoms with Crippen molar-refractivity contribution in [2.24, 2.45) is 0 Å². The van der Waals surface area contributed by atoms with E-state index < -0.39 is 0 Å². The molecule has 5 heteroatoms. The van der Waals surface area contributed by atoms with Gasteiger partial charge in [0.05, 0.1) is 18.5 Å². The Morgan fingerprint density at radius 3 is 2.54 bits per heavy atom. The molecule has 4 nitrogen and oxygen atoms in total. The molecule has 2 atom stereocenters. The Morgan fingerprint density at radius 1 is 1.04 bits per heavy atom. The highest BCUT2D eigenvalue weighted by Gasteiger charge is 2.35. The van der Waals surface area contributed by atoms with E-state index in [0.29, 0.717) is 13.1 Å². The lowest BCUT2D eigenvalue weighted by atomic mass is 9.90. The highest BCUT2D eigenvalue weighted by molar-refractivity contribution is 5.80. The molecule has 2 aromatic carbocycles. The number of hydrogen-bond donors (Lipinski definition) is 0. The molecule has 0 aliphatic carbocycles. The molecule has 1 saturated heterocycles. The van der Waals surface area contributed by atoms with E-state index >= 15 is 0 Å². The summed E-state index contributed by atoms with van der Waals surface area (Å²) in [7, 11) is 0. The molecule has 0 saturated carbocycles. The van der Waals surface area contributed by atoms with Crippen LogP contribution in [0.1, 0.15) is 55.0 Å². The summed E-state index contributed by atoms with van der Waals surface area (Å²) in [5, 5.41) is 0. The van der Waals surface area contributed by atoms with Gasteiger partial charge in [0, 0.05) is 20.0 Å². The number of nitrogens with zero attached hydrogens (tertiary/aromatic N) is 2. The van der Waals surface area contributed by atoms with Gasteiger partial charge in [-0.1, -0.05) is 36.4 Å². The van der Waals surface area contributed by atoms with Crippen molar-refractivity contribution in [3.8, 4) is 0 Å². The Hall–Kier alpha value is -2.69. The molecule has 0 aromatic heterocycles. The van der Waals surface area contributed by atoms with E-state index in [9.17, 15) is 14.0 Å². The smallest absolute Gasteiger partial charge is 0.225 e. The van der Waals surface area contributed by atoms with Crippen molar-refractivity contribution in [2.45, 2.75) is 44.7 Å². The molecular formula is C23H25FN2O2. The molecule has 2 aliphatic heterocycles. The Bertz CT molecular complexity index is 880. The van der Waals surface area contributed by atoms with Crippen LogP contribution in [-0.4, -0.2) is 34.7 Å². The van der Waals surface area contributed by atoms with E-state index in [1.165, 1.54) is 17.7 Å². The first-order valence-corrected chi connectivity index (χ1v) is 9.94. The summed E-state index contributed by atoms with van der Waals surface area (Å²) in [4.78, 5) is 29.2. The molecule has 2 aromatic rings. The van der Waals surface area contributed by atoms with E-state index in [-0.39, 0.29) is 36.1 Å². The quantitative estimate of drug-likeness (QED) is 0.807. The maximum absolute atomic E-state index is 13.3. The third-order valence-corrected chi connectivity index (χ3v) is 6.01. The summed E-state index contributed by atoms with van der Waals surface area (Å²) >= 11 is 0. The number of halogens is 1. The number of fused-ring (bicyclic) bond motifs is 1. The Morgan fingerprint density at radius 2 is 1.79 bits per heavy atom.